The van der Waals surface area contributed by atoms with E-state index in [1.807, 2.05) is 48.5 Å². The molecule has 0 spiro atoms. The zero-order valence-corrected chi connectivity index (χ0v) is 17.6. The monoisotopic (exact) mass is 433 g/mol. The Labute approximate surface area is 184 Å². The van der Waals surface area contributed by atoms with Gasteiger partial charge in [-0.05, 0) is 66.4 Å². The van der Waals surface area contributed by atoms with Crippen LogP contribution in [0.4, 0.5) is 17.5 Å². The summed E-state index contributed by atoms with van der Waals surface area (Å²) >= 11 is 5.92. The summed E-state index contributed by atoms with van der Waals surface area (Å²) in [6.45, 7) is 1.46. The van der Waals surface area contributed by atoms with Crippen LogP contribution in [0.25, 0.3) is 11.5 Å². The molecule has 1 amide bonds. The first-order chi connectivity index (χ1) is 15.1. The molecule has 4 rings (SSSR count). The summed E-state index contributed by atoms with van der Waals surface area (Å²) < 4.78 is 5.84. The minimum Gasteiger partial charge on any atom is -0.403 e. The second-order valence-corrected chi connectivity index (χ2v) is 7.37. The average Bonchev–Trinajstić information content (AvgIpc) is 3.22. The summed E-state index contributed by atoms with van der Waals surface area (Å²) in [5, 5.41) is 14.7. The van der Waals surface area contributed by atoms with Gasteiger partial charge in [0.2, 0.25) is 11.8 Å². The van der Waals surface area contributed by atoms with Crippen molar-refractivity contribution in [2.24, 2.45) is 0 Å². The fraction of sp³-hybridized carbons (Fsp3) is 0.130. The third kappa shape index (κ3) is 5.46. The van der Waals surface area contributed by atoms with Crippen molar-refractivity contribution in [3.05, 3.63) is 83.0 Å². The lowest BCUT2D eigenvalue weighted by Gasteiger charge is -2.08. The number of amides is 1. The maximum Gasteiger partial charge on any atom is 0.320 e. The van der Waals surface area contributed by atoms with E-state index in [1.165, 1.54) is 6.92 Å². The van der Waals surface area contributed by atoms with E-state index in [1.54, 1.807) is 18.3 Å². The Morgan fingerprint density at radius 2 is 1.84 bits per heavy atom. The highest BCUT2D eigenvalue weighted by atomic mass is 35.5. The Bertz CT molecular complexity index is 1190. The van der Waals surface area contributed by atoms with Crippen molar-refractivity contribution in [3.8, 4) is 11.5 Å². The number of anilines is 3. The summed E-state index contributed by atoms with van der Waals surface area (Å²) in [6.07, 6.45) is 3.23. The van der Waals surface area contributed by atoms with Gasteiger partial charge in [0.15, 0.2) is 0 Å². The number of pyridine rings is 1. The third-order valence-corrected chi connectivity index (χ3v) is 4.83. The molecule has 2 aromatic carbocycles. The van der Waals surface area contributed by atoms with Crippen LogP contribution in [0.3, 0.4) is 0 Å². The number of aryl methyl sites for hydroxylation is 2. The van der Waals surface area contributed by atoms with Crippen LogP contribution in [-0.2, 0) is 17.6 Å². The maximum atomic E-state index is 11.3. The van der Waals surface area contributed by atoms with E-state index >= 15 is 0 Å². The van der Waals surface area contributed by atoms with Gasteiger partial charge in [0.25, 0.3) is 0 Å². The quantitative estimate of drug-likeness (QED) is 0.412. The molecule has 7 nitrogen and oxygen atoms in total. The number of carbonyl (C=O) groups is 1. The lowest BCUT2D eigenvalue weighted by Crippen LogP contribution is -2.07. The Morgan fingerprint density at radius 1 is 1.03 bits per heavy atom. The van der Waals surface area contributed by atoms with Gasteiger partial charge in [-0.25, -0.2) is 4.98 Å². The number of hydrogen-bond acceptors (Lipinski definition) is 6. The lowest BCUT2D eigenvalue weighted by atomic mass is 10.00. The number of nitrogens with zero attached hydrogens (tertiary/aromatic N) is 3. The fourth-order valence-electron chi connectivity index (χ4n) is 3.14. The largest absolute Gasteiger partial charge is 0.403 e. The number of carbonyl (C=O) groups excluding carboxylic acids is 1. The molecule has 0 fully saturated rings. The molecule has 31 heavy (non-hydrogen) atoms. The van der Waals surface area contributed by atoms with Crippen molar-refractivity contribution in [2.45, 2.75) is 19.8 Å². The number of benzene rings is 2. The van der Waals surface area contributed by atoms with Gasteiger partial charge in [-0.15, -0.1) is 5.10 Å². The number of halogens is 1. The predicted octanol–water partition coefficient (Wildman–Crippen LogP) is 5.27. The van der Waals surface area contributed by atoms with Crippen molar-refractivity contribution < 1.29 is 9.21 Å². The number of aromatic nitrogens is 3. The van der Waals surface area contributed by atoms with Gasteiger partial charge in [-0.2, -0.15) is 0 Å². The fourth-order valence-corrected chi connectivity index (χ4v) is 3.27. The normalized spacial score (nSPS) is 10.6. The Kier molecular flexibility index (Phi) is 6.24. The summed E-state index contributed by atoms with van der Waals surface area (Å²) in [6, 6.07) is 19.3. The smallest absolute Gasteiger partial charge is 0.320 e. The van der Waals surface area contributed by atoms with Gasteiger partial charge in [-0.3, -0.25) is 4.79 Å². The van der Waals surface area contributed by atoms with Gasteiger partial charge < -0.3 is 15.1 Å². The van der Waals surface area contributed by atoms with Crippen molar-refractivity contribution in [1.82, 2.24) is 15.2 Å². The van der Waals surface area contributed by atoms with Gasteiger partial charge in [0.05, 0.1) is 0 Å². The first kappa shape index (κ1) is 20.6. The van der Waals surface area contributed by atoms with E-state index in [2.05, 4.69) is 25.8 Å². The molecule has 0 bridgehead atoms. The molecule has 0 saturated heterocycles. The predicted molar refractivity (Wildman–Crippen MR) is 120 cm³/mol. The molecule has 2 N–H and O–H groups in total. The Morgan fingerprint density at radius 3 is 2.65 bits per heavy atom. The van der Waals surface area contributed by atoms with Crippen LogP contribution in [0.15, 0.2) is 71.3 Å². The second kappa shape index (κ2) is 9.40. The van der Waals surface area contributed by atoms with E-state index in [0.29, 0.717) is 22.7 Å². The van der Waals surface area contributed by atoms with Crippen molar-refractivity contribution in [3.63, 3.8) is 0 Å². The van der Waals surface area contributed by atoms with E-state index in [9.17, 15) is 4.79 Å². The number of rotatable bonds is 7. The molecule has 0 atom stereocenters. The molecule has 4 aromatic rings. The number of nitrogens with one attached hydrogen (secondary N) is 2. The van der Waals surface area contributed by atoms with Gasteiger partial charge in [0, 0.05) is 29.4 Å². The molecular weight excluding hydrogens is 414 g/mol. The summed E-state index contributed by atoms with van der Waals surface area (Å²) in [5.74, 6) is 0.850. The highest BCUT2D eigenvalue weighted by Crippen LogP contribution is 2.26. The molecule has 2 aromatic heterocycles. The molecule has 0 aliphatic rings. The van der Waals surface area contributed by atoms with Crippen LogP contribution in [0.5, 0.6) is 0 Å². The van der Waals surface area contributed by atoms with Gasteiger partial charge >= 0.3 is 6.01 Å². The summed E-state index contributed by atoms with van der Waals surface area (Å²) in [4.78, 5) is 15.4. The number of hydrogen-bond donors (Lipinski definition) is 2. The standard InChI is InChI=1S/C23H20ClN5O2/c1-15(30)26-21-14-16(12-13-25-21)6-7-17-4-2-3-5-20(17)22-28-29-23(31-22)27-19-10-8-18(24)9-11-19/h2-5,8-14H,6-7H2,1H3,(H,27,29)(H,25,26,30). The zero-order chi connectivity index (χ0) is 21.6. The van der Waals surface area contributed by atoms with Crippen molar-refractivity contribution in [1.29, 1.82) is 0 Å². The van der Waals surface area contributed by atoms with E-state index in [-0.39, 0.29) is 5.91 Å². The van der Waals surface area contributed by atoms with Crippen LogP contribution >= 0.6 is 11.6 Å². The first-order valence-corrected chi connectivity index (χ1v) is 10.1. The van der Waals surface area contributed by atoms with E-state index in [0.717, 1.165) is 35.2 Å². The van der Waals surface area contributed by atoms with Gasteiger partial charge in [-0.1, -0.05) is 34.9 Å². The topological polar surface area (TPSA) is 92.9 Å². The maximum absolute atomic E-state index is 11.3. The highest BCUT2D eigenvalue weighted by Gasteiger charge is 2.13. The molecule has 8 heteroatoms. The lowest BCUT2D eigenvalue weighted by molar-refractivity contribution is -0.114. The molecule has 156 valence electrons. The average molecular weight is 434 g/mol. The Hall–Kier alpha value is -3.71. The van der Waals surface area contributed by atoms with Crippen LogP contribution in [0.2, 0.25) is 5.02 Å². The third-order valence-electron chi connectivity index (χ3n) is 4.58. The molecule has 0 aliphatic heterocycles. The molecule has 0 aliphatic carbocycles. The van der Waals surface area contributed by atoms with Crippen molar-refractivity contribution in [2.75, 3.05) is 10.6 Å². The van der Waals surface area contributed by atoms with E-state index < -0.39 is 0 Å². The van der Waals surface area contributed by atoms with Crippen LogP contribution in [0, 0.1) is 0 Å². The van der Waals surface area contributed by atoms with Crippen molar-refractivity contribution >= 4 is 35.0 Å². The Balaban J connectivity index is 1.48. The SMILES string of the molecule is CC(=O)Nc1cc(CCc2ccccc2-c2nnc(Nc3ccc(Cl)cc3)o2)ccn1. The second-order valence-electron chi connectivity index (χ2n) is 6.93. The van der Waals surface area contributed by atoms with E-state index in [4.69, 9.17) is 16.0 Å². The molecule has 0 radical (unpaired) electrons. The summed E-state index contributed by atoms with van der Waals surface area (Å²) in [5.41, 5.74) is 3.85. The highest BCUT2D eigenvalue weighted by molar-refractivity contribution is 6.30. The molecule has 0 saturated carbocycles. The minimum absolute atomic E-state index is 0.144. The van der Waals surface area contributed by atoms with Crippen LogP contribution < -0.4 is 10.6 Å². The summed E-state index contributed by atoms with van der Waals surface area (Å²) in [7, 11) is 0. The molecular formula is C23H20ClN5O2. The van der Waals surface area contributed by atoms with Crippen LogP contribution in [0.1, 0.15) is 18.1 Å². The zero-order valence-electron chi connectivity index (χ0n) is 16.8. The van der Waals surface area contributed by atoms with Crippen LogP contribution in [-0.4, -0.2) is 21.1 Å². The molecule has 0 unspecified atom stereocenters. The minimum atomic E-state index is -0.144. The van der Waals surface area contributed by atoms with Gasteiger partial charge in [0.1, 0.15) is 5.82 Å². The molecule has 2 heterocycles. The first-order valence-electron chi connectivity index (χ1n) is 9.74.